The molecule has 0 aliphatic heterocycles. The molecule has 0 aromatic heterocycles. The largest absolute Gasteiger partial charge is 0.369 e. The number of allylic oxidation sites excluding steroid dienone is 1. The molecule has 0 fully saturated rings. The first-order valence-corrected chi connectivity index (χ1v) is 3.95. The smallest absolute Gasteiger partial charge is 0.231 e. The van der Waals surface area contributed by atoms with Gasteiger partial charge in [-0.25, -0.2) is 0 Å². The number of hydrogen-bond acceptors (Lipinski definition) is 2. The Balaban J connectivity index is 2.16. The minimum atomic E-state index is -0.278. The lowest BCUT2D eigenvalue weighted by molar-refractivity contribution is -0.117. The maximum atomic E-state index is 10.4. The van der Waals surface area contributed by atoms with E-state index in [1.807, 2.05) is 0 Å². The third kappa shape index (κ3) is 3.18. The summed E-state index contributed by atoms with van der Waals surface area (Å²) >= 11 is 0. The van der Waals surface area contributed by atoms with Crippen LogP contribution in [-0.2, 0) is 4.79 Å². The van der Waals surface area contributed by atoms with E-state index in [1.165, 1.54) is 0 Å². The van der Waals surface area contributed by atoms with E-state index in [4.69, 9.17) is 5.73 Å². The highest BCUT2D eigenvalue weighted by atomic mass is 16.1. The number of primary amides is 1. The predicted octanol–water partition coefficient (Wildman–Crippen LogP) is 0.170. The van der Waals surface area contributed by atoms with Crippen molar-refractivity contribution in [1.29, 1.82) is 0 Å². The van der Waals surface area contributed by atoms with Gasteiger partial charge in [-0.1, -0.05) is 12.2 Å². The molecule has 1 atom stereocenters. The van der Waals surface area contributed by atoms with Gasteiger partial charge in [-0.2, -0.15) is 0 Å². The lowest BCUT2D eigenvalue weighted by Gasteiger charge is -2.17. The van der Waals surface area contributed by atoms with Crippen molar-refractivity contribution in [3.05, 3.63) is 12.2 Å². The van der Waals surface area contributed by atoms with Crippen LogP contribution in [0, 0.1) is 0 Å². The monoisotopic (exact) mass is 154 g/mol. The fourth-order valence-electron chi connectivity index (χ4n) is 1.22. The second-order valence-electron chi connectivity index (χ2n) is 2.83. The standard InChI is InChI=1S/C8H14N2O/c9-8(11)6-10-7-4-2-1-3-5-7/h1-2,7,10H,3-6H2,(H2,9,11). The SMILES string of the molecule is NC(=O)CNC1CC=CCC1. The molecule has 0 spiro atoms. The summed E-state index contributed by atoms with van der Waals surface area (Å²) in [6.07, 6.45) is 7.55. The average Bonchev–Trinajstić information content (AvgIpc) is 2.03. The first-order valence-electron chi connectivity index (χ1n) is 3.95. The molecule has 0 saturated heterocycles. The van der Waals surface area contributed by atoms with Crippen LogP contribution in [0.5, 0.6) is 0 Å². The van der Waals surface area contributed by atoms with Crippen LogP contribution < -0.4 is 11.1 Å². The minimum Gasteiger partial charge on any atom is -0.369 e. The second kappa shape index (κ2) is 4.13. The van der Waals surface area contributed by atoms with Gasteiger partial charge in [0, 0.05) is 6.04 Å². The zero-order chi connectivity index (χ0) is 8.10. The summed E-state index contributed by atoms with van der Waals surface area (Å²) in [7, 11) is 0. The van der Waals surface area contributed by atoms with Crippen LogP contribution in [0.2, 0.25) is 0 Å². The number of nitrogens with one attached hydrogen (secondary N) is 1. The Labute approximate surface area is 66.6 Å². The molecule has 1 aliphatic carbocycles. The van der Waals surface area contributed by atoms with E-state index < -0.39 is 0 Å². The average molecular weight is 154 g/mol. The van der Waals surface area contributed by atoms with Crippen molar-refractivity contribution < 1.29 is 4.79 Å². The second-order valence-corrected chi connectivity index (χ2v) is 2.83. The molecule has 3 heteroatoms. The van der Waals surface area contributed by atoms with Gasteiger partial charge in [-0.15, -0.1) is 0 Å². The summed E-state index contributed by atoms with van der Waals surface area (Å²) in [5.41, 5.74) is 4.99. The van der Waals surface area contributed by atoms with Crippen LogP contribution in [0.1, 0.15) is 19.3 Å². The number of carbonyl (C=O) groups is 1. The molecule has 0 aromatic rings. The highest BCUT2D eigenvalue weighted by Crippen LogP contribution is 2.09. The predicted molar refractivity (Wildman–Crippen MR) is 44.0 cm³/mol. The number of nitrogens with two attached hydrogens (primary N) is 1. The van der Waals surface area contributed by atoms with Gasteiger partial charge in [-0.3, -0.25) is 4.79 Å². The molecule has 0 saturated carbocycles. The van der Waals surface area contributed by atoms with Crippen molar-refractivity contribution in [2.24, 2.45) is 5.73 Å². The summed E-state index contributed by atoms with van der Waals surface area (Å²) in [5.74, 6) is -0.278. The number of hydrogen-bond donors (Lipinski definition) is 2. The molecular formula is C8H14N2O. The van der Waals surface area contributed by atoms with Crippen molar-refractivity contribution in [3.63, 3.8) is 0 Å². The van der Waals surface area contributed by atoms with Crippen LogP contribution >= 0.6 is 0 Å². The number of rotatable bonds is 3. The molecule has 0 bridgehead atoms. The minimum absolute atomic E-state index is 0.278. The van der Waals surface area contributed by atoms with Crippen molar-refractivity contribution >= 4 is 5.91 Å². The maximum absolute atomic E-state index is 10.4. The molecule has 0 aromatic carbocycles. The Morgan fingerprint density at radius 3 is 3.00 bits per heavy atom. The third-order valence-corrected chi connectivity index (χ3v) is 1.83. The highest BCUT2D eigenvalue weighted by Gasteiger charge is 2.08. The van der Waals surface area contributed by atoms with E-state index in [0.29, 0.717) is 12.6 Å². The summed E-state index contributed by atoms with van der Waals surface area (Å²) in [4.78, 5) is 10.4. The summed E-state index contributed by atoms with van der Waals surface area (Å²) in [6, 6.07) is 0.451. The molecule has 1 rings (SSSR count). The van der Waals surface area contributed by atoms with E-state index >= 15 is 0 Å². The molecule has 3 nitrogen and oxygen atoms in total. The third-order valence-electron chi connectivity index (χ3n) is 1.83. The highest BCUT2D eigenvalue weighted by molar-refractivity contribution is 5.75. The fourth-order valence-corrected chi connectivity index (χ4v) is 1.22. The van der Waals surface area contributed by atoms with Crippen molar-refractivity contribution in [2.45, 2.75) is 25.3 Å². The fraction of sp³-hybridized carbons (Fsp3) is 0.625. The van der Waals surface area contributed by atoms with Gasteiger partial charge in [0.1, 0.15) is 0 Å². The van der Waals surface area contributed by atoms with Gasteiger partial charge in [0.05, 0.1) is 6.54 Å². The number of carbonyl (C=O) groups excluding carboxylic acids is 1. The maximum Gasteiger partial charge on any atom is 0.231 e. The van der Waals surface area contributed by atoms with Gasteiger partial charge in [0.15, 0.2) is 0 Å². The molecule has 1 unspecified atom stereocenters. The summed E-state index contributed by atoms with van der Waals surface area (Å²) in [6.45, 7) is 0.304. The van der Waals surface area contributed by atoms with Crippen molar-refractivity contribution in [1.82, 2.24) is 5.32 Å². The molecule has 1 amide bonds. The van der Waals surface area contributed by atoms with Gasteiger partial charge in [0.25, 0.3) is 0 Å². The Kier molecular flexibility index (Phi) is 3.11. The van der Waals surface area contributed by atoms with Crippen LogP contribution in [0.25, 0.3) is 0 Å². The topological polar surface area (TPSA) is 55.1 Å². The molecule has 3 N–H and O–H groups in total. The molecule has 11 heavy (non-hydrogen) atoms. The van der Waals surface area contributed by atoms with Gasteiger partial charge < -0.3 is 11.1 Å². The Morgan fingerprint density at radius 2 is 2.45 bits per heavy atom. The summed E-state index contributed by atoms with van der Waals surface area (Å²) in [5, 5.41) is 3.10. The zero-order valence-electron chi connectivity index (χ0n) is 6.55. The van der Waals surface area contributed by atoms with E-state index in [-0.39, 0.29) is 5.91 Å². The lowest BCUT2D eigenvalue weighted by Crippen LogP contribution is -2.36. The van der Waals surface area contributed by atoms with E-state index in [1.54, 1.807) is 0 Å². The van der Waals surface area contributed by atoms with Gasteiger partial charge in [-0.05, 0) is 19.3 Å². The molecule has 62 valence electrons. The van der Waals surface area contributed by atoms with Crippen LogP contribution in [-0.4, -0.2) is 18.5 Å². The van der Waals surface area contributed by atoms with Gasteiger partial charge >= 0.3 is 0 Å². The molecule has 1 aliphatic rings. The Morgan fingerprint density at radius 1 is 1.64 bits per heavy atom. The van der Waals surface area contributed by atoms with Crippen LogP contribution in [0.4, 0.5) is 0 Å². The first-order chi connectivity index (χ1) is 5.29. The Hall–Kier alpha value is -0.830. The molecular weight excluding hydrogens is 140 g/mol. The molecule has 0 radical (unpaired) electrons. The normalized spacial score (nSPS) is 23.5. The Bertz CT molecular complexity index is 165. The van der Waals surface area contributed by atoms with Crippen molar-refractivity contribution in [2.75, 3.05) is 6.54 Å². The van der Waals surface area contributed by atoms with Crippen LogP contribution in [0.3, 0.4) is 0 Å². The first kappa shape index (κ1) is 8.27. The van der Waals surface area contributed by atoms with E-state index in [9.17, 15) is 4.79 Å². The molecule has 0 heterocycles. The van der Waals surface area contributed by atoms with Crippen LogP contribution in [0.15, 0.2) is 12.2 Å². The van der Waals surface area contributed by atoms with Gasteiger partial charge in [0.2, 0.25) is 5.91 Å². The quantitative estimate of drug-likeness (QED) is 0.569. The van der Waals surface area contributed by atoms with E-state index in [0.717, 1.165) is 19.3 Å². The van der Waals surface area contributed by atoms with Crippen molar-refractivity contribution in [3.8, 4) is 0 Å². The van der Waals surface area contributed by atoms with E-state index in [2.05, 4.69) is 17.5 Å². The lowest BCUT2D eigenvalue weighted by atomic mass is 10.0. The number of amides is 1. The zero-order valence-corrected chi connectivity index (χ0v) is 6.55. The summed E-state index contributed by atoms with van der Waals surface area (Å²) < 4.78 is 0.